The van der Waals surface area contributed by atoms with Gasteiger partial charge in [-0.15, -0.1) is 0 Å². The number of amidine groups is 2. The van der Waals surface area contributed by atoms with Gasteiger partial charge >= 0.3 is 0 Å². The molecule has 13 heavy (non-hydrogen) atoms. The summed E-state index contributed by atoms with van der Waals surface area (Å²) in [7, 11) is 1.67. The summed E-state index contributed by atoms with van der Waals surface area (Å²) in [6, 6.07) is 0. The molecule has 6 heteroatoms. The normalized spacial score (nSPS) is 11.4. The molecule has 0 unspecified atom stereocenters. The highest BCUT2D eigenvalue weighted by Gasteiger charge is 1.88. The van der Waals surface area contributed by atoms with Crippen LogP contribution in [0.25, 0.3) is 0 Å². The Morgan fingerprint density at radius 3 is 2.69 bits per heavy atom. The minimum absolute atomic E-state index is 0.203. The average molecular weight is 182 g/mol. The van der Waals surface area contributed by atoms with Gasteiger partial charge < -0.3 is 10.9 Å². The SMILES string of the molecule is C=C/N=C(/C=C\C(=N)NNC)NN. The molecule has 0 aliphatic carbocycles. The lowest BCUT2D eigenvalue weighted by atomic mass is 10.4. The molecule has 0 amide bonds. The Labute approximate surface area is 77.1 Å². The summed E-state index contributed by atoms with van der Waals surface area (Å²) in [5.74, 6) is 5.76. The molecule has 0 fully saturated rings. The van der Waals surface area contributed by atoms with Gasteiger partial charge in [-0.2, -0.15) is 0 Å². The monoisotopic (exact) mass is 182 g/mol. The van der Waals surface area contributed by atoms with E-state index in [4.69, 9.17) is 11.3 Å². The molecule has 6 nitrogen and oxygen atoms in total. The number of aliphatic imine (C=N–C) groups is 1. The van der Waals surface area contributed by atoms with Gasteiger partial charge in [-0.25, -0.2) is 16.3 Å². The maximum atomic E-state index is 7.28. The summed E-state index contributed by atoms with van der Waals surface area (Å²) in [5.41, 5.74) is 7.52. The van der Waals surface area contributed by atoms with Gasteiger partial charge in [0.05, 0.1) is 0 Å². The van der Waals surface area contributed by atoms with E-state index in [1.807, 2.05) is 0 Å². The minimum atomic E-state index is 0.203. The summed E-state index contributed by atoms with van der Waals surface area (Å²) >= 11 is 0. The van der Waals surface area contributed by atoms with Gasteiger partial charge in [0, 0.05) is 13.2 Å². The number of rotatable bonds is 4. The third-order valence-electron chi connectivity index (χ3n) is 1.05. The number of nitrogens with two attached hydrogens (primary N) is 1. The molecule has 0 spiro atoms. The highest BCUT2D eigenvalue weighted by atomic mass is 15.3. The Bertz CT molecular complexity index is 229. The Morgan fingerprint density at radius 2 is 2.23 bits per heavy atom. The van der Waals surface area contributed by atoms with Crippen molar-refractivity contribution in [2.24, 2.45) is 10.8 Å². The molecule has 0 aromatic carbocycles. The summed E-state index contributed by atoms with van der Waals surface area (Å²) in [5, 5.41) is 7.28. The smallest absolute Gasteiger partial charge is 0.139 e. The first-order chi connectivity index (χ1) is 6.24. The molecule has 0 saturated heterocycles. The molecule has 72 valence electrons. The largest absolute Gasteiger partial charge is 0.308 e. The molecule has 0 rings (SSSR count). The Morgan fingerprint density at radius 1 is 1.54 bits per heavy atom. The molecule has 0 aromatic rings. The number of hydrogen-bond acceptors (Lipinski definition) is 4. The quantitative estimate of drug-likeness (QED) is 0.171. The van der Waals surface area contributed by atoms with Crippen LogP contribution in [-0.4, -0.2) is 18.7 Å². The molecular formula is C7H14N6. The van der Waals surface area contributed by atoms with Crippen molar-refractivity contribution in [3.8, 4) is 0 Å². The van der Waals surface area contributed by atoms with Gasteiger partial charge in [-0.05, 0) is 12.2 Å². The van der Waals surface area contributed by atoms with E-state index in [0.29, 0.717) is 5.84 Å². The van der Waals surface area contributed by atoms with Crippen molar-refractivity contribution in [3.63, 3.8) is 0 Å². The number of nitrogens with zero attached hydrogens (tertiary/aromatic N) is 1. The molecule has 0 saturated carbocycles. The number of hydrogen-bond donors (Lipinski definition) is 5. The van der Waals surface area contributed by atoms with Crippen LogP contribution in [0.4, 0.5) is 0 Å². The van der Waals surface area contributed by atoms with Crippen molar-refractivity contribution >= 4 is 11.7 Å². The van der Waals surface area contributed by atoms with Crippen LogP contribution in [-0.2, 0) is 0 Å². The van der Waals surface area contributed by atoms with Gasteiger partial charge in [0.15, 0.2) is 0 Å². The van der Waals surface area contributed by atoms with E-state index in [-0.39, 0.29) is 5.84 Å². The first kappa shape index (κ1) is 11.3. The molecule has 0 bridgehead atoms. The van der Waals surface area contributed by atoms with Crippen molar-refractivity contribution in [1.82, 2.24) is 16.3 Å². The van der Waals surface area contributed by atoms with Crippen LogP contribution in [0.5, 0.6) is 0 Å². The summed E-state index contributed by atoms with van der Waals surface area (Å²) in [4.78, 5) is 3.79. The Hall–Kier alpha value is -1.66. The predicted molar refractivity (Wildman–Crippen MR) is 54.0 cm³/mol. The van der Waals surface area contributed by atoms with E-state index in [1.165, 1.54) is 12.3 Å². The van der Waals surface area contributed by atoms with Crippen molar-refractivity contribution < 1.29 is 0 Å². The second kappa shape index (κ2) is 7.01. The zero-order valence-electron chi connectivity index (χ0n) is 7.46. The Kier molecular flexibility index (Phi) is 6.12. The van der Waals surface area contributed by atoms with Gasteiger partial charge in [0.25, 0.3) is 0 Å². The van der Waals surface area contributed by atoms with Crippen molar-refractivity contribution in [2.75, 3.05) is 7.05 Å². The first-order valence-electron chi connectivity index (χ1n) is 3.59. The fraction of sp³-hybridized carbons (Fsp3) is 0.143. The fourth-order valence-corrected chi connectivity index (χ4v) is 0.565. The number of nitrogens with one attached hydrogen (secondary N) is 4. The molecule has 0 aliphatic rings. The zero-order valence-corrected chi connectivity index (χ0v) is 7.46. The lowest BCUT2D eigenvalue weighted by molar-refractivity contribution is 0.767. The van der Waals surface area contributed by atoms with Crippen molar-refractivity contribution in [2.45, 2.75) is 0 Å². The van der Waals surface area contributed by atoms with Gasteiger partial charge in [0.2, 0.25) is 0 Å². The van der Waals surface area contributed by atoms with Crippen LogP contribution in [0.3, 0.4) is 0 Å². The van der Waals surface area contributed by atoms with E-state index in [1.54, 1.807) is 13.1 Å². The van der Waals surface area contributed by atoms with Crippen molar-refractivity contribution in [1.29, 1.82) is 5.41 Å². The van der Waals surface area contributed by atoms with Crippen LogP contribution in [0, 0.1) is 5.41 Å². The maximum absolute atomic E-state index is 7.28. The van der Waals surface area contributed by atoms with Crippen molar-refractivity contribution in [3.05, 3.63) is 24.9 Å². The van der Waals surface area contributed by atoms with Crippen LogP contribution >= 0.6 is 0 Å². The highest BCUT2D eigenvalue weighted by molar-refractivity contribution is 6.00. The second-order valence-electron chi connectivity index (χ2n) is 1.96. The molecule has 0 heterocycles. The summed E-state index contributed by atoms with van der Waals surface area (Å²) in [6.45, 7) is 3.41. The van der Waals surface area contributed by atoms with Crippen LogP contribution < -0.4 is 22.1 Å². The summed E-state index contributed by atoms with van der Waals surface area (Å²) < 4.78 is 0. The van der Waals surface area contributed by atoms with E-state index in [0.717, 1.165) is 0 Å². The molecule has 0 radical (unpaired) electrons. The van der Waals surface area contributed by atoms with E-state index >= 15 is 0 Å². The van der Waals surface area contributed by atoms with Gasteiger partial charge in [0.1, 0.15) is 11.7 Å². The fourth-order valence-electron chi connectivity index (χ4n) is 0.565. The lowest BCUT2D eigenvalue weighted by Crippen LogP contribution is -2.33. The molecular weight excluding hydrogens is 168 g/mol. The molecule has 6 N–H and O–H groups in total. The van der Waals surface area contributed by atoms with Gasteiger partial charge in [-0.3, -0.25) is 5.41 Å². The van der Waals surface area contributed by atoms with Crippen LogP contribution in [0.1, 0.15) is 0 Å². The zero-order chi connectivity index (χ0) is 10.1. The molecule has 0 atom stereocenters. The summed E-state index contributed by atoms with van der Waals surface area (Å²) in [6.07, 6.45) is 4.40. The highest BCUT2D eigenvalue weighted by Crippen LogP contribution is 1.78. The molecule has 0 aromatic heterocycles. The third-order valence-corrected chi connectivity index (χ3v) is 1.05. The topological polar surface area (TPSA) is 98.3 Å². The second-order valence-corrected chi connectivity index (χ2v) is 1.96. The van der Waals surface area contributed by atoms with E-state index in [2.05, 4.69) is 27.8 Å². The van der Waals surface area contributed by atoms with E-state index < -0.39 is 0 Å². The van der Waals surface area contributed by atoms with E-state index in [9.17, 15) is 0 Å². The molecule has 0 aliphatic heterocycles. The third kappa shape index (κ3) is 5.59. The first-order valence-corrected chi connectivity index (χ1v) is 3.59. The number of hydrazine groups is 2. The predicted octanol–water partition coefficient (Wildman–Crippen LogP) is -0.751. The maximum Gasteiger partial charge on any atom is 0.139 e. The average Bonchev–Trinajstić information content (AvgIpc) is 2.12. The lowest BCUT2D eigenvalue weighted by Gasteiger charge is -2.00. The standard InChI is InChI=1S/C7H14N6/c1-3-11-7(12-9)5-4-6(8)13-10-2/h3-5,10H,1,9H2,2H3,(H2,8,13)(H,11,12)/b5-4-. The van der Waals surface area contributed by atoms with Gasteiger partial charge in [-0.1, -0.05) is 6.58 Å². The Balaban J connectivity index is 4.14. The minimum Gasteiger partial charge on any atom is -0.308 e. The van der Waals surface area contributed by atoms with Crippen LogP contribution in [0.2, 0.25) is 0 Å². The van der Waals surface area contributed by atoms with Crippen LogP contribution in [0.15, 0.2) is 29.9 Å².